The number of aliphatic hydroxyl groups excluding tert-OH is 1. The number of hydrogen-bond donors (Lipinski definition) is 1. The Morgan fingerprint density at radius 1 is 1.43 bits per heavy atom. The third-order valence-corrected chi connectivity index (χ3v) is 2.52. The minimum absolute atomic E-state index is 0.106. The molecule has 0 saturated carbocycles. The van der Waals surface area contributed by atoms with Crippen LogP contribution in [0.1, 0.15) is 5.82 Å². The first-order chi connectivity index (χ1) is 6.81. The summed E-state index contributed by atoms with van der Waals surface area (Å²) in [6, 6.07) is 7.92. The van der Waals surface area contributed by atoms with Crippen LogP contribution in [-0.2, 0) is 6.61 Å². The van der Waals surface area contributed by atoms with Gasteiger partial charge in [0.05, 0.1) is 0 Å². The number of halogens is 1. The molecule has 1 aromatic carbocycles. The zero-order chi connectivity index (χ0) is 9.97. The molecule has 0 atom stereocenters. The Kier molecular flexibility index (Phi) is 2.78. The molecule has 2 rings (SSSR count). The second-order valence-corrected chi connectivity index (χ2v) is 4.00. The average Bonchev–Trinajstić information content (AvgIpc) is 2.65. The van der Waals surface area contributed by atoms with Crippen molar-refractivity contribution in [3.05, 3.63) is 40.0 Å². The molecule has 1 aromatic heterocycles. The van der Waals surface area contributed by atoms with Gasteiger partial charge in [-0.2, -0.15) is 0 Å². The fourth-order valence-electron chi connectivity index (χ4n) is 1.21. The van der Waals surface area contributed by atoms with Gasteiger partial charge in [0.25, 0.3) is 0 Å². The van der Waals surface area contributed by atoms with Crippen LogP contribution in [0.4, 0.5) is 0 Å². The highest BCUT2D eigenvalue weighted by Gasteiger charge is 2.04. The standard InChI is InChI=1S/C9H8IN3O/c10-7-2-1-3-8(4-7)13-6-11-12-9(13)5-14/h1-4,6,14H,5H2. The maximum atomic E-state index is 9.01. The molecule has 4 nitrogen and oxygen atoms in total. The van der Waals surface area contributed by atoms with Crippen LogP contribution in [0.3, 0.4) is 0 Å². The minimum Gasteiger partial charge on any atom is -0.388 e. The van der Waals surface area contributed by atoms with Crippen molar-refractivity contribution in [3.8, 4) is 5.69 Å². The normalized spacial score (nSPS) is 10.4. The lowest BCUT2D eigenvalue weighted by Crippen LogP contribution is -1.99. The van der Waals surface area contributed by atoms with E-state index >= 15 is 0 Å². The predicted octanol–water partition coefficient (Wildman–Crippen LogP) is 1.36. The zero-order valence-electron chi connectivity index (χ0n) is 7.26. The zero-order valence-corrected chi connectivity index (χ0v) is 9.42. The van der Waals surface area contributed by atoms with E-state index in [1.165, 1.54) is 0 Å². The summed E-state index contributed by atoms with van der Waals surface area (Å²) in [7, 11) is 0. The van der Waals surface area contributed by atoms with Gasteiger partial charge in [-0.15, -0.1) is 10.2 Å². The summed E-state index contributed by atoms with van der Waals surface area (Å²) in [6.45, 7) is -0.106. The van der Waals surface area contributed by atoms with Gasteiger partial charge in [-0.3, -0.25) is 4.57 Å². The first kappa shape index (κ1) is 9.60. The van der Waals surface area contributed by atoms with E-state index in [-0.39, 0.29) is 6.61 Å². The third kappa shape index (κ3) is 1.78. The molecule has 0 aliphatic heterocycles. The van der Waals surface area contributed by atoms with Gasteiger partial charge in [-0.25, -0.2) is 0 Å². The van der Waals surface area contributed by atoms with Crippen molar-refractivity contribution in [1.29, 1.82) is 0 Å². The van der Waals surface area contributed by atoms with Crippen LogP contribution in [0.5, 0.6) is 0 Å². The smallest absolute Gasteiger partial charge is 0.163 e. The summed E-state index contributed by atoms with van der Waals surface area (Å²) < 4.78 is 2.90. The SMILES string of the molecule is OCc1nncn1-c1cccc(I)c1. The van der Waals surface area contributed by atoms with E-state index in [1.54, 1.807) is 10.9 Å². The van der Waals surface area contributed by atoms with Gasteiger partial charge < -0.3 is 5.11 Å². The summed E-state index contributed by atoms with van der Waals surface area (Å²) >= 11 is 2.24. The summed E-state index contributed by atoms with van der Waals surface area (Å²) in [5.74, 6) is 0.548. The lowest BCUT2D eigenvalue weighted by atomic mass is 10.3. The van der Waals surface area contributed by atoms with Gasteiger partial charge in [0.15, 0.2) is 5.82 Å². The predicted molar refractivity (Wildman–Crippen MR) is 60.0 cm³/mol. The van der Waals surface area contributed by atoms with Crippen LogP contribution in [0.25, 0.3) is 5.69 Å². The molecule has 0 unspecified atom stereocenters. The summed E-state index contributed by atoms with van der Waals surface area (Å²) in [5, 5.41) is 16.6. The highest BCUT2D eigenvalue weighted by molar-refractivity contribution is 14.1. The molecular weight excluding hydrogens is 293 g/mol. The molecule has 1 N–H and O–H groups in total. The summed E-state index contributed by atoms with van der Waals surface area (Å²) in [6.07, 6.45) is 1.59. The lowest BCUT2D eigenvalue weighted by Gasteiger charge is -2.04. The number of benzene rings is 1. The second kappa shape index (κ2) is 4.05. The Balaban J connectivity index is 2.49. The van der Waals surface area contributed by atoms with Crippen molar-refractivity contribution in [2.24, 2.45) is 0 Å². The van der Waals surface area contributed by atoms with Crippen LogP contribution in [0, 0.1) is 3.57 Å². The fraction of sp³-hybridized carbons (Fsp3) is 0.111. The van der Waals surface area contributed by atoms with Gasteiger partial charge >= 0.3 is 0 Å². The Hall–Kier alpha value is -0.950. The second-order valence-electron chi connectivity index (χ2n) is 2.76. The van der Waals surface area contributed by atoms with Crippen molar-refractivity contribution >= 4 is 22.6 Å². The van der Waals surface area contributed by atoms with Crippen molar-refractivity contribution in [1.82, 2.24) is 14.8 Å². The van der Waals surface area contributed by atoms with Crippen LogP contribution in [0.15, 0.2) is 30.6 Å². The highest BCUT2D eigenvalue weighted by atomic mass is 127. The van der Waals surface area contributed by atoms with Gasteiger partial charge in [0.2, 0.25) is 0 Å². The van der Waals surface area contributed by atoms with E-state index in [4.69, 9.17) is 5.11 Å². The van der Waals surface area contributed by atoms with E-state index in [0.29, 0.717) is 5.82 Å². The molecule has 14 heavy (non-hydrogen) atoms. The minimum atomic E-state index is -0.106. The molecule has 0 bridgehead atoms. The summed E-state index contributed by atoms with van der Waals surface area (Å²) in [4.78, 5) is 0. The molecule has 1 heterocycles. The number of aliphatic hydroxyl groups is 1. The molecule has 72 valence electrons. The molecule has 0 spiro atoms. The molecule has 0 aliphatic carbocycles. The topological polar surface area (TPSA) is 50.9 Å². The number of nitrogens with zero attached hydrogens (tertiary/aromatic N) is 3. The van der Waals surface area contributed by atoms with Gasteiger partial charge in [-0.05, 0) is 40.8 Å². The maximum absolute atomic E-state index is 9.01. The van der Waals surface area contributed by atoms with Crippen LogP contribution in [-0.4, -0.2) is 19.9 Å². The molecule has 0 saturated heterocycles. The van der Waals surface area contributed by atoms with Crippen LogP contribution < -0.4 is 0 Å². The first-order valence-electron chi connectivity index (χ1n) is 4.07. The Labute approximate surface area is 94.7 Å². The molecule has 0 radical (unpaired) electrons. The van der Waals surface area contributed by atoms with Gasteiger partial charge in [-0.1, -0.05) is 6.07 Å². The largest absolute Gasteiger partial charge is 0.388 e. The molecule has 2 aromatic rings. The highest BCUT2D eigenvalue weighted by Crippen LogP contribution is 2.13. The van der Waals surface area contributed by atoms with Crippen molar-refractivity contribution < 1.29 is 5.11 Å². The fourth-order valence-corrected chi connectivity index (χ4v) is 1.74. The Morgan fingerprint density at radius 2 is 2.29 bits per heavy atom. The first-order valence-corrected chi connectivity index (χ1v) is 5.15. The third-order valence-electron chi connectivity index (χ3n) is 1.85. The monoisotopic (exact) mass is 301 g/mol. The Bertz CT molecular complexity index is 441. The molecule has 0 amide bonds. The van der Waals surface area contributed by atoms with E-state index in [9.17, 15) is 0 Å². The maximum Gasteiger partial charge on any atom is 0.163 e. The molecular formula is C9H8IN3O. The number of hydrogen-bond acceptors (Lipinski definition) is 3. The van der Waals surface area contributed by atoms with Crippen LogP contribution in [0.2, 0.25) is 0 Å². The van der Waals surface area contributed by atoms with E-state index in [0.717, 1.165) is 9.26 Å². The van der Waals surface area contributed by atoms with E-state index < -0.39 is 0 Å². The van der Waals surface area contributed by atoms with Gasteiger partial charge in [0, 0.05) is 9.26 Å². The van der Waals surface area contributed by atoms with E-state index in [2.05, 4.69) is 32.8 Å². The van der Waals surface area contributed by atoms with Crippen molar-refractivity contribution in [2.45, 2.75) is 6.61 Å². The molecule has 5 heteroatoms. The number of aromatic nitrogens is 3. The molecule has 0 fully saturated rings. The Morgan fingerprint density at radius 3 is 3.00 bits per heavy atom. The quantitative estimate of drug-likeness (QED) is 0.852. The van der Waals surface area contributed by atoms with Crippen molar-refractivity contribution in [3.63, 3.8) is 0 Å². The lowest BCUT2D eigenvalue weighted by molar-refractivity contribution is 0.269. The number of rotatable bonds is 2. The van der Waals surface area contributed by atoms with E-state index in [1.807, 2.05) is 24.3 Å². The van der Waals surface area contributed by atoms with Crippen molar-refractivity contribution in [2.75, 3.05) is 0 Å². The average molecular weight is 301 g/mol. The molecule has 0 aliphatic rings. The summed E-state index contributed by atoms with van der Waals surface area (Å²) in [5.41, 5.74) is 0.964. The van der Waals surface area contributed by atoms with Gasteiger partial charge in [0.1, 0.15) is 12.9 Å². The van der Waals surface area contributed by atoms with Crippen LogP contribution >= 0.6 is 22.6 Å².